The third-order valence-corrected chi connectivity index (χ3v) is 7.43. The second-order valence-electron chi connectivity index (χ2n) is 9.39. The molecule has 4 rings (SSSR count). The van der Waals surface area contributed by atoms with Crippen LogP contribution in [0, 0.1) is 17.8 Å². The number of hydrogen-bond acceptors (Lipinski definition) is 4. The summed E-state index contributed by atoms with van der Waals surface area (Å²) < 4.78 is 5.69. The summed E-state index contributed by atoms with van der Waals surface area (Å²) >= 11 is 0. The predicted octanol–water partition coefficient (Wildman–Crippen LogP) is 4.50. The molecule has 2 atom stereocenters. The van der Waals surface area contributed by atoms with Crippen molar-refractivity contribution in [1.82, 2.24) is 4.90 Å². The summed E-state index contributed by atoms with van der Waals surface area (Å²) in [7, 11) is 2.19. The lowest BCUT2D eigenvalue weighted by atomic mass is 9.86. The number of fused-ring (bicyclic) bond motifs is 2. The van der Waals surface area contributed by atoms with Crippen molar-refractivity contribution >= 4 is 5.97 Å². The molecule has 0 radical (unpaired) electrons. The van der Waals surface area contributed by atoms with Crippen molar-refractivity contribution in [3.8, 4) is 5.75 Å². The van der Waals surface area contributed by atoms with Crippen LogP contribution in [0.2, 0.25) is 0 Å². The predicted molar refractivity (Wildman–Crippen MR) is 110 cm³/mol. The van der Waals surface area contributed by atoms with Crippen LogP contribution in [0.3, 0.4) is 0 Å². The van der Waals surface area contributed by atoms with E-state index in [0.717, 1.165) is 37.1 Å². The number of phenols is 1. The maximum atomic E-state index is 12.5. The fourth-order valence-electron chi connectivity index (χ4n) is 5.91. The molecule has 0 aromatic heterocycles. The number of rotatable bonds is 5. The summed E-state index contributed by atoms with van der Waals surface area (Å²) in [6.07, 6.45) is 10.0. The van der Waals surface area contributed by atoms with Gasteiger partial charge in [-0.25, -0.2) is 0 Å². The third-order valence-electron chi connectivity index (χ3n) is 7.43. The molecular formula is C24H35NO3. The summed E-state index contributed by atoms with van der Waals surface area (Å²) in [6.45, 7) is 2.80. The van der Waals surface area contributed by atoms with E-state index in [1.807, 2.05) is 18.2 Å². The monoisotopic (exact) mass is 385 g/mol. The number of carbonyl (C=O) groups excluding carboxylic acids is 1. The van der Waals surface area contributed by atoms with Gasteiger partial charge in [-0.15, -0.1) is 0 Å². The van der Waals surface area contributed by atoms with Gasteiger partial charge >= 0.3 is 5.97 Å². The number of para-hydroxylation sites is 1. The van der Waals surface area contributed by atoms with E-state index in [1.165, 1.54) is 38.5 Å². The summed E-state index contributed by atoms with van der Waals surface area (Å²) in [6, 6.07) is 5.90. The molecular weight excluding hydrogens is 350 g/mol. The normalized spacial score (nSPS) is 28.8. The Bertz CT molecular complexity index is 666. The molecule has 1 heterocycles. The number of hydrogen-bond donors (Lipinski definition) is 1. The van der Waals surface area contributed by atoms with Crippen molar-refractivity contribution in [3.05, 3.63) is 29.3 Å². The van der Waals surface area contributed by atoms with E-state index in [2.05, 4.69) is 11.9 Å². The molecule has 4 nitrogen and oxygen atoms in total. The van der Waals surface area contributed by atoms with Crippen molar-refractivity contribution in [3.63, 3.8) is 0 Å². The molecule has 1 aliphatic heterocycles. The van der Waals surface area contributed by atoms with Crippen LogP contribution in [-0.2, 0) is 16.0 Å². The molecule has 2 unspecified atom stereocenters. The van der Waals surface area contributed by atoms with Crippen LogP contribution in [0.4, 0.5) is 0 Å². The maximum Gasteiger partial charge on any atom is 0.310 e. The molecule has 28 heavy (non-hydrogen) atoms. The molecule has 2 saturated carbocycles. The molecule has 1 N–H and O–H groups in total. The van der Waals surface area contributed by atoms with Gasteiger partial charge in [-0.05, 0) is 56.0 Å². The number of aromatic hydroxyl groups is 1. The Kier molecular flexibility index (Phi) is 6.25. The highest BCUT2D eigenvalue weighted by atomic mass is 16.5. The summed E-state index contributed by atoms with van der Waals surface area (Å²) in [4.78, 5) is 14.9. The number of piperidine rings is 1. The standard InChI is InChI=1S/C24H35NO3/c1-25-14-19-11-12-20(15-25)22(19)16-28-23(26)13-18-9-6-10-21(24(18)27)17-7-4-2-3-5-8-17/h6,9-10,17,19-20,22,27H,2-5,7-8,11-16H2,1H3. The van der Waals surface area contributed by atoms with Crippen molar-refractivity contribution in [1.29, 1.82) is 0 Å². The van der Waals surface area contributed by atoms with Crippen molar-refractivity contribution in [2.24, 2.45) is 17.8 Å². The highest BCUT2D eigenvalue weighted by Crippen LogP contribution is 2.42. The number of phenolic OH excluding ortho intramolecular Hbond substituents is 1. The highest BCUT2D eigenvalue weighted by Gasteiger charge is 2.41. The zero-order valence-corrected chi connectivity index (χ0v) is 17.2. The number of benzene rings is 1. The maximum absolute atomic E-state index is 12.5. The molecule has 4 heteroatoms. The Hall–Kier alpha value is -1.55. The SMILES string of the molecule is CN1CC2CCC(C1)C2COC(=O)Cc1cccc(C2CCCCCC2)c1O. The van der Waals surface area contributed by atoms with Gasteiger partial charge in [-0.1, -0.05) is 43.9 Å². The Morgan fingerprint density at radius 2 is 1.75 bits per heavy atom. The van der Waals surface area contributed by atoms with Crippen LogP contribution in [0.15, 0.2) is 18.2 Å². The van der Waals surface area contributed by atoms with Gasteiger partial charge in [0.25, 0.3) is 0 Å². The lowest BCUT2D eigenvalue weighted by molar-refractivity contribution is -0.145. The van der Waals surface area contributed by atoms with Gasteiger partial charge in [0, 0.05) is 24.6 Å². The van der Waals surface area contributed by atoms with Crippen molar-refractivity contribution < 1.29 is 14.6 Å². The minimum atomic E-state index is -0.202. The zero-order valence-electron chi connectivity index (χ0n) is 17.2. The van der Waals surface area contributed by atoms with Gasteiger partial charge in [0.15, 0.2) is 0 Å². The van der Waals surface area contributed by atoms with E-state index in [4.69, 9.17) is 4.74 Å². The van der Waals surface area contributed by atoms with E-state index in [1.54, 1.807) is 0 Å². The second kappa shape index (κ2) is 8.86. The van der Waals surface area contributed by atoms with E-state index in [9.17, 15) is 9.90 Å². The first-order valence-corrected chi connectivity index (χ1v) is 11.3. The van der Waals surface area contributed by atoms with Crippen LogP contribution < -0.4 is 0 Å². The molecule has 1 aromatic rings. The van der Waals surface area contributed by atoms with Gasteiger partial charge in [-0.3, -0.25) is 4.79 Å². The van der Waals surface area contributed by atoms with Crippen LogP contribution in [0.25, 0.3) is 0 Å². The number of carbonyl (C=O) groups is 1. The van der Waals surface area contributed by atoms with Crippen molar-refractivity contribution in [2.45, 2.75) is 63.7 Å². The lowest BCUT2D eigenvalue weighted by Gasteiger charge is -2.35. The molecule has 3 fully saturated rings. The van der Waals surface area contributed by atoms with Gasteiger partial charge in [-0.2, -0.15) is 0 Å². The van der Waals surface area contributed by atoms with Gasteiger partial charge in [0.2, 0.25) is 0 Å². The average Bonchev–Trinajstić information content (AvgIpc) is 2.87. The van der Waals surface area contributed by atoms with E-state index < -0.39 is 0 Å². The number of likely N-dealkylation sites (tertiary alicyclic amines) is 1. The van der Waals surface area contributed by atoms with E-state index in [-0.39, 0.29) is 12.4 Å². The zero-order chi connectivity index (χ0) is 19.5. The number of esters is 1. The smallest absolute Gasteiger partial charge is 0.310 e. The molecule has 2 bridgehead atoms. The molecule has 0 spiro atoms. The first-order valence-electron chi connectivity index (χ1n) is 11.3. The highest BCUT2D eigenvalue weighted by molar-refractivity contribution is 5.74. The van der Waals surface area contributed by atoms with Crippen LogP contribution >= 0.6 is 0 Å². The molecule has 3 aliphatic rings. The molecule has 0 amide bonds. The van der Waals surface area contributed by atoms with Crippen LogP contribution in [-0.4, -0.2) is 42.7 Å². The lowest BCUT2D eigenvalue weighted by Crippen LogP contribution is -2.41. The largest absolute Gasteiger partial charge is 0.507 e. The molecule has 2 aliphatic carbocycles. The first-order chi connectivity index (χ1) is 13.6. The first kappa shape index (κ1) is 19.8. The molecule has 1 aromatic carbocycles. The van der Waals surface area contributed by atoms with Gasteiger partial charge < -0.3 is 14.7 Å². The van der Waals surface area contributed by atoms with Gasteiger partial charge in [0.1, 0.15) is 5.75 Å². The summed E-state index contributed by atoms with van der Waals surface area (Å²) in [5.74, 6) is 2.41. The molecule has 1 saturated heterocycles. The molecule has 154 valence electrons. The van der Waals surface area contributed by atoms with E-state index >= 15 is 0 Å². The Morgan fingerprint density at radius 1 is 1.07 bits per heavy atom. The van der Waals surface area contributed by atoms with Crippen LogP contribution in [0.5, 0.6) is 5.75 Å². The third kappa shape index (κ3) is 4.37. The number of nitrogens with zero attached hydrogens (tertiary/aromatic N) is 1. The fraction of sp³-hybridized carbons (Fsp3) is 0.708. The average molecular weight is 386 g/mol. The van der Waals surface area contributed by atoms with Gasteiger partial charge in [0.05, 0.1) is 13.0 Å². The Labute approximate surface area is 169 Å². The van der Waals surface area contributed by atoms with Crippen LogP contribution in [0.1, 0.15) is 68.4 Å². The Balaban J connectivity index is 1.35. The quantitative estimate of drug-likeness (QED) is 0.599. The Morgan fingerprint density at radius 3 is 2.43 bits per heavy atom. The topological polar surface area (TPSA) is 49.8 Å². The van der Waals surface area contributed by atoms with Crippen molar-refractivity contribution in [2.75, 3.05) is 26.7 Å². The summed E-state index contributed by atoms with van der Waals surface area (Å²) in [5, 5.41) is 10.8. The minimum absolute atomic E-state index is 0.175. The fourth-order valence-corrected chi connectivity index (χ4v) is 5.91. The summed E-state index contributed by atoms with van der Waals surface area (Å²) in [5.41, 5.74) is 1.75. The van der Waals surface area contributed by atoms with E-state index in [0.29, 0.717) is 36.0 Å². The second-order valence-corrected chi connectivity index (χ2v) is 9.39. The minimum Gasteiger partial charge on any atom is -0.507 e. The number of ether oxygens (including phenoxy) is 1.